The number of nitrogens with zero attached hydrogens (tertiary/aromatic N) is 3. The molecule has 1 aliphatic carbocycles. The molecule has 1 saturated carbocycles. The lowest BCUT2D eigenvalue weighted by Gasteiger charge is -2.22. The molecule has 1 fully saturated rings. The molecule has 1 heterocycles. The minimum absolute atomic E-state index is 0.00164. The minimum Gasteiger partial charge on any atom is -0.462 e. The van der Waals surface area contributed by atoms with Gasteiger partial charge in [0.25, 0.3) is 5.69 Å². The van der Waals surface area contributed by atoms with Crippen LogP contribution in [0.5, 0.6) is 0 Å². The third-order valence-electron chi connectivity index (χ3n) is 4.66. The van der Waals surface area contributed by atoms with Gasteiger partial charge in [-0.25, -0.2) is 9.78 Å². The summed E-state index contributed by atoms with van der Waals surface area (Å²) >= 11 is 6.10. The van der Waals surface area contributed by atoms with Gasteiger partial charge in [0, 0.05) is 24.4 Å². The highest BCUT2D eigenvalue weighted by atomic mass is 35.5. The Morgan fingerprint density at radius 2 is 2.12 bits per heavy atom. The van der Waals surface area contributed by atoms with Crippen LogP contribution in [0, 0.1) is 10.1 Å². The van der Waals surface area contributed by atoms with Crippen LogP contribution < -0.4 is 0 Å². The van der Waals surface area contributed by atoms with Crippen molar-refractivity contribution in [3.05, 3.63) is 51.1 Å². The molecule has 1 aromatic carbocycles. The largest absolute Gasteiger partial charge is 0.462 e. The fourth-order valence-electron chi connectivity index (χ4n) is 3.44. The lowest BCUT2D eigenvalue weighted by atomic mass is 9.88. The third kappa shape index (κ3) is 3.58. The SMILES string of the molecule is CCOC(=O)c1cc(-n2ccnc2C2CCCCC2)c([N+](=O)[O-])cc1Cl. The fourth-order valence-corrected chi connectivity index (χ4v) is 3.67. The quantitative estimate of drug-likeness (QED) is 0.429. The highest BCUT2D eigenvalue weighted by Gasteiger charge is 2.27. The Hall–Kier alpha value is -2.41. The van der Waals surface area contributed by atoms with E-state index in [-0.39, 0.29) is 34.5 Å². The molecule has 1 aromatic heterocycles. The van der Waals surface area contributed by atoms with Crippen LogP contribution in [0.1, 0.15) is 61.1 Å². The fraction of sp³-hybridized carbons (Fsp3) is 0.444. The number of nitro benzene ring substituents is 1. The maximum absolute atomic E-state index is 12.2. The van der Waals surface area contributed by atoms with Crippen LogP contribution in [0.15, 0.2) is 24.5 Å². The molecule has 0 radical (unpaired) electrons. The highest BCUT2D eigenvalue weighted by Crippen LogP contribution is 2.36. The van der Waals surface area contributed by atoms with Crippen molar-refractivity contribution in [1.82, 2.24) is 9.55 Å². The lowest BCUT2D eigenvalue weighted by molar-refractivity contribution is -0.384. The van der Waals surface area contributed by atoms with Gasteiger partial charge in [-0.05, 0) is 25.8 Å². The molecule has 138 valence electrons. The molecule has 0 atom stereocenters. The van der Waals surface area contributed by atoms with E-state index in [0.717, 1.165) is 31.5 Å². The van der Waals surface area contributed by atoms with Gasteiger partial charge in [-0.2, -0.15) is 0 Å². The van der Waals surface area contributed by atoms with Crippen LogP contribution in [0.25, 0.3) is 5.69 Å². The number of rotatable bonds is 5. The molecule has 0 bridgehead atoms. The Balaban J connectivity index is 2.11. The molecule has 0 N–H and O–H groups in total. The molecule has 8 heteroatoms. The molecule has 0 spiro atoms. The molecule has 0 amide bonds. The van der Waals surface area contributed by atoms with E-state index in [4.69, 9.17) is 16.3 Å². The van der Waals surface area contributed by atoms with E-state index in [9.17, 15) is 14.9 Å². The first-order valence-electron chi connectivity index (χ1n) is 8.71. The molecule has 0 aliphatic heterocycles. The van der Waals surface area contributed by atoms with E-state index < -0.39 is 10.9 Å². The Morgan fingerprint density at radius 1 is 1.38 bits per heavy atom. The van der Waals surface area contributed by atoms with Crippen LogP contribution in [0.4, 0.5) is 5.69 Å². The molecular weight excluding hydrogens is 358 g/mol. The summed E-state index contributed by atoms with van der Waals surface area (Å²) in [5.41, 5.74) is 0.219. The number of halogens is 1. The zero-order valence-corrected chi connectivity index (χ0v) is 15.2. The molecule has 3 rings (SSSR count). The third-order valence-corrected chi connectivity index (χ3v) is 4.97. The number of carbonyl (C=O) groups excluding carboxylic acids is 1. The van der Waals surface area contributed by atoms with Crippen molar-refractivity contribution in [3.63, 3.8) is 0 Å². The molecule has 0 saturated heterocycles. The van der Waals surface area contributed by atoms with Crippen molar-refractivity contribution in [1.29, 1.82) is 0 Å². The van der Waals surface area contributed by atoms with E-state index in [2.05, 4.69) is 4.98 Å². The smallest absolute Gasteiger partial charge is 0.339 e. The number of hydrogen-bond donors (Lipinski definition) is 0. The Labute approximate surface area is 156 Å². The second-order valence-corrected chi connectivity index (χ2v) is 6.70. The van der Waals surface area contributed by atoms with Gasteiger partial charge in [0.15, 0.2) is 0 Å². The average molecular weight is 378 g/mol. The molecule has 1 aliphatic rings. The number of ether oxygens (including phenoxy) is 1. The van der Waals surface area contributed by atoms with Crippen LogP contribution in [0.3, 0.4) is 0 Å². The Morgan fingerprint density at radius 3 is 2.77 bits per heavy atom. The van der Waals surface area contributed by atoms with Gasteiger partial charge in [0.2, 0.25) is 0 Å². The Kier molecular flexibility index (Phi) is 5.56. The first-order chi connectivity index (χ1) is 12.5. The maximum atomic E-state index is 12.2. The van der Waals surface area contributed by atoms with E-state index in [0.29, 0.717) is 0 Å². The number of esters is 1. The number of imidazole rings is 1. The summed E-state index contributed by atoms with van der Waals surface area (Å²) in [6.45, 7) is 1.88. The van der Waals surface area contributed by atoms with Crippen LogP contribution in [0.2, 0.25) is 5.02 Å². The van der Waals surface area contributed by atoms with Crippen molar-refractivity contribution in [2.45, 2.75) is 44.9 Å². The van der Waals surface area contributed by atoms with Gasteiger partial charge in [0.05, 0.1) is 22.1 Å². The normalized spacial score (nSPS) is 15.0. The average Bonchev–Trinajstić information content (AvgIpc) is 3.12. The predicted molar refractivity (Wildman–Crippen MR) is 97.0 cm³/mol. The number of carbonyl (C=O) groups is 1. The van der Waals surface area contributed by atoms with Gasteiger partial charge in [-0.1, -0.05) is 30.9 Å². The highest BCUT2D eigenvalue weighted by molar-refractivity contribution is 6.34. The van der Waals surface area contributed by atoms with Crippen LogP contribution in [-0.2, 0) is 4.74 Å². The Bertz CT molecular complexity index is 828. The van der Waals surface area contributed by atoms with Crippen molar-refractivity contribution in [2.75, 3.05) is 6.61 Å². The van der Waals surface area contributed by atoms with Crippen molar-refractivity contribution in [3.8, 4) is 5.69 Å². The summed E-state index contributed by atoms with van der Waals surface area (Å²) in [6.07, 6.45) is 8.77. The molecular formula is C18H20ClN3O4. The second-order valence-electron chi connectivity index (χ2n) is 6.29. The van der Waals surface area contributed by atoms with E-state index in [1.54, 1.807) is 23.9 Å². The van der Waals surface area contributed by atoms with Crippen LogP contribution >= 0.6 is 11.6 Å². The standard InChI is InChI=1S/C18H20ClN3O4/c1-2-26-18(23)13-10-15(16(22(24)25)11-14(13)19)21-9-8-20-17(21)12-6-4-3-5-7-12/h8-12H,2-7H2,1H3. The first kappa shape index (κ1) is 18.4. The van der Waals surface area contributed by atoms with Crippen molar-refractivity contribution < 1.29 is 14.5 Å². The van der Waals surface area contributed by atoms with E-state index >= 15 is 0 Å². The number of aromatic nitrogens is 2. The number of nitro groups is 1. The van der Waals surface area contributed by atoms with Crippen LogP contribution in [-0.4, -0.2) is 27.1 Å². The minimum atomic E-state index is -0.604. The van der Waals surface area contributed by atoms with Crippen molar-refractivity contribution in [2.24, 2.45) is 0 Å². The zero-order valence-electron chi connectivity index (χ0n) is 14.5. The van der Waals surface area contributed by atoms with Gasteiger partial charge in [0.1, 0.15) is 11.5 Å². The van der Waals surface area contributed by atoms with Gasteiger partial charge in [-0.3, -0.25) is 14.7 Å². The first-order valence-corrected chi connectivity index (χ1v) is 9.09. The lowest BCUT2D eigenvalue weighted by Crippen LogP contribution is -2.13. The van der Waals surface area contributed by atoms with E-state index in [1.165, 1.54) is 18.6 Å². The molecule has 7 nitrogen and oxygen atoms in total. The predicted octanol–water partition coefficient (Wildman–Crippen LogP) is 4.66. The number of benzene rings is 1. The molecule has 2 aromatic rings. The number of hydrogen-bond acceptors (Lipinski definition) is 5. The summed E-state index contributed by atoms with van der Waals surface area (Å²) in [4.78, 5) is 27.7. The van der Waals surface area contributed by atoms with Gasteiger partial charge >= 0.3 is 5.97 Å². The topological polar surface area (TPSA) is 87.3 Å². The summed E-state index contributed by atoms with van der Waals surface area (Å²) in [5, 5.41) is 11.6. The van der Waals surface area contributed by atoms with Gasteiger partial charge < -0.3 is 4.74 Å². The second kappa shape index (κ2) is 7.86. The summed E-state index contributed by atoms with van der Waals surface area (Å²) in [7, 11) is 0. The molecule has 0 unspecified atom stereocenters. The molecule has 26 heavy (non-hydrogen) atoms. The summed E-state index contributed by atoms with van der Waals surface area (Å²) < 4.78 is 6.71. The van der Waals surface area contributed by atoms with Gasteiger partial charge in [-0.15, -0.1) is 0 Å². The van der Waals surface area contributed by atoms with Crippen molar-refractivity contribution >= 4 is 23.3 Å². The summed E-state index contributed by atoms with van der Waals surface area (Å²) in [5.74, 6) is 0.429. The maximum Gasteiger partial charge on any atom is 0.339 e. The summed E-state index contributed by atoms with van der Waals surface area (Å²) in [6, 6.07) is 2.63. The van der Waals surface area contributed by atoms with E-state index in [1.807, 2.05) is 0 Å². The zero-order chi connectivity index (χ0) is 18.7. The monoisotopic (exact) mass is 377 g/mol.